The summed E-state index contributed by atoms with van der Waals surface area (Å²) in [5.74, 6) is 0.975. The summed E-state index contributed by atoms with van der Waals surface area (Å²) in [7, 11) is 0. The van der Waals surface area contributed by atoms with E-state index in [2.05, 4.69) is 15.5 Å². The molecule has 0 bridgehead atoms. The van der Waals surface area contributed by atoms with E-state index in [4.69, 9.17) is 9.26 Å². The number of aromatic nitrogens is 2. The van der Waals surface area contributed by atoms with Crippen molar-refractivity contribution in [3.05, 3.63) is 29.9 Å². The molecule has 2 aromatic rings. The van der Waals surface area contributed by atoms with Crippen LogP contribution in [0.2, 0.25) is 0 Å². The largest absolute Gasteiger partial charge is 0.376 e. The highest BCUT2D eigenvalue weighted by Gasteiger charge is 2.32. The Labute approximate surface area is 175 Å². The molecule has 3 heterocycles. The maximum atomic E-state index is 15.1. The van der Waals surface area contributed by atoms with E-state index in [1.54, 1.807) is 12.1 Å². The summed E-state index contributed by atoms with van der Waals surface area (Å²) in [6, 6.07) is 4.60. The minimum Gasteiger partial charge on any atom is -0.376 e. The molecule has 2 aliphatic heterocycles. The first-order valence-electron chi connectivity index (χ1n) is 11.0. The molecule has 30 heavy (non-hydrogen) atoms. The summed E-state index contributed by atoms with van der Waals surface area (Å²) in [5, 5.41) is 7.00. The van der Waals surface area contributed by atoms with E-state index >= 15 is 4.39 Å². The molecule has 3 aliphatic rings. The van der Waals surface area contributed by atoms with Crippen molar-refractivity contribution in [1.82, 2.24) is 15.5 Å². The normalized spacial score (nSPS) is 24.2. The van der Waals surface area contributed by atoms with Gasteiger partial charge in [-0.25, -0.2) is 4.39 Å². The fraction of sp³-hybridized carbons (Fsp3) is 0.591. The number of nitrogens with one attached hydrogen (secondary N) is 1. The Hall–Kier alpha value is -2.48. The first-order valence-corrected chi connectivity index (χ1v) is 11.0. The third-order valence-corrected chi connectivity index (χ3v) is 6.22. The Morgan fingerprint density at radius 3 is 2.87 bits per heavy atom. The number of hydrogen-bond donors (Lipinski definition) is 1. The number of rotatable bonds is 6. The lowest BCUT2D eigenvalue weighted by atomic mass is 9.99. The van der Waals surface area contributed by atoms with Crippen molar-refractivity contribution >= 4 is 11.6 Å². The number of hydrogen-bond acceptors (Lipinski definition) is 6. The first kappa shape index (κ1) is 19.5. The zero-order chi connectivity index (χ0) is 20.5. The molecule has 2 unspecified atom stereocenters. The fourth-order valence-corrected chi connectivity index (χ4v) is 4.36. The van der Waals surface area contributed by atoms with E-state index in [-0.39, 0.29) is 23.9 Å². The fourth-order valence-electron chi connectivity index (χ4n) is 4.36. The lowest BCUT2D eigenvalue weighted by Crippen LogP contribution is -2.51. The number of anilines is 1. The van der Waals surface area contributed by atoms with Crippen molar-refractivity contribution in [1.29, 1.82) is 0 Å². The van der Waals surface area contributed by atoms with Crippen LogP contribution in [-0.4, -0.2) is 47.9 Å². The third-order valence-electron chi connectivity index (χ3n) is 6.22. The molecule has 0 spiro atoms. The predicted molar refractivity (Wildman–Crippen MR) is 109 cm³/mol. The molecule has 1 amide bonds. The van der Waals surface area contributed by atoms with Crippen LogP contribution in [0.3, 0.4) is 0 Å². The van der Waals surface area contributed by atoms with E-state index in [0.717, 1.165) is 45.1 Å². The van der Waals surface area contributed by atoms with Gasteiger partial charge in [0.1, 0.15) is 11.9 Å². The summed E-state index contributed by atoms with van der Waals surface area (Å²) in [6.45, 7) is 1.93. The van der Waals surface area contributed by atoms with Gasteiger partial charge in [-0.2, -0.15) is 4.98 Å². The number of carbonyl (C=O) groups is 1. The monoisotopic (exact) mass is 414 g/mol. The molecular formula is C22H27FN4O3. The number of nitrogens with zero attached hydrogens (tertiary/aromatic N) is 3. The van der Waals surface area contributed by atoms with Gasteiger partial charge in [0.25, 0.3) is 0 Å². The average molecular weight is 414 g/mol. The van der Waals surface area contributed by atoms with Gasteiger partial charge < -0.3 is 19.5 Å². The number of halogens is 1. The van der Waals surface area contributed by atoms with Crippen LogP contribution in [0.4, 0.5) is 10.1 Å². The van der Waals surface area contributed by atoms with Gasteiger partial charge in [-0.05, 0) is 63.1 Å². The van der Waals surface area contributed by atoms with Gasteiger partial charge in [0.05, 0.1) is 11.8 Å². The van der Waals surface area contributed by atoms with Crippen LogP contribution >= 0.6 is 0 Å². The van der Waals surface area contributed by atoms with E-state index in [0.29, 0.717) is 48.4 Å². The maximum Gasteiger partial charge on any atom is 0.242 e. The van der Waals surface area contributed by atoms with Crippen LogP contribution in [0.1, 0.15) is 56.8 Å². The van der Waals surface area contributed by atoms with Crippen LogP contribution < -0.4 is 10.2 Å². The summed E-state index contributed by atoms with van der Waals surface area (Å²) in [4.78, 5) is 19.1. The minimum atomic E-state index is -0.371. The number of carbonyl (C=O) groups excluding carboxylic acids is 1. The van der Waals surface area contributed by atoms with Crippen molar-refractivity contribution in [3.8, 4) is 11.4 Å². The Kier molecular flexibility index (Phi) is 5.41. The Morgan fingerprint density at radius 1 is 1.20 bits per heavy atom. The van der Waals surface area contributed by atoms with Crippen LogP contribution in [0, 0.1) is 5.82 Å². The van der Waals surface area contributed by atoms with Gasteiger partial charge in [-0.3, -0.25) is 4.79 Å². The van der Waals surface area contributed by atoms with Crippen molar-refractivity contribution in [2.24, 2.45) is 0 Å². The van der Waals surface area contributed by atoms with Gasteiger partial charge >= 0.3 is 0 Å². The van der Waals surface area contributed by atoms with Crippen LogP contribution in [0.15, 0.2) is 22.7 Å². The standard InChI is InChI=1S/C22H27FN4O3/c23-17-12-15(20-25-22(30-26-20)14-6-7-14)8-9-18(17)27-10-2-1-5-19(27)21(28)24-13-16-4-3-11-29-16/h8-9,12,14,16,19H,1-7,10-11,13H2,(H,24,28). The molecular weight excluding hydrogens is 387 g/mol. The second kappa shape index (κ2) is 8.34. The minimum absolute atomic E-state index is 0.0547. The second-order valence-electron chi connectivity index (χ2n) is 8.48. The molecule has 2 saturated heterocycles. The Bertz CT molecular complexity index is 908. The van der Waals surface area contributed by atoms with Gasteiger partial charge in [0.15, 0.2) is 0 Å². The molecule has 5 rings (SSSR count). The van der Waals surface area contributed by atoms with Gasteiger partial charge in [0.2, 0.25) is 17.6 Å². The van der Waals surface area contributed by atoms with Crippen LogP contribution in [0.5, 0.6) is 0 Å². The highest BCUT2D eigenvalue weighted by atomic mass is 19.1. The van der Waals surface area contributed by atoms with Crippen LogP contribution in [-0.2, 0) is 9.53 Å². The summed E-state index contributed by atoms with van der Waals surface area (Å²) >= 11 is 0. The van der Waals surface area contributed by atoms with Gasteiger partial charge in [-0.15, -0.1) is 0 Å². The summed E-state index contributed by atoms with van der Waals surface area (Å²) < 4.78 is 26.0. The summed E-state index contributed by atoms with van der Waals surface area (Å²) in [6.07, 6.45) is 6.86. The third kappa shape index (κ3) is 4.05. The molecule has 1 aromatic heterocycles. The molecule has 3 fully saturated rings. The first-order chi connectivity index (χ1) is 14.7. The molecule has 1 aliphatic carbocycles. The Morgan fingerprint density at radius 2 is 2.10 bits per heavy atom. The Balaban J connectivity index is 1.31. The number of benzene rings is 1. The molecule has 1 aromatic carbocycles. The molecule has 160 valence electrons. The van der Waals surface area contributed by atoms with E-state index in [1.165, 1.54) is 6.07 Å². The smallest absolute Gasteiger partial charge is 0.242 e. The van der Waals surface area contributed by atoms with Crippen LogP contribution in [0.25, 0.3) is 11.4 Å². The molecule has 8 heteroatoms. The molecule has 0 radical (unpaired) electrons. The quantitative estimate of drug-likeness (QED) is 0.780. The van der Waals surface area contributed by atoms with E-state index in [9.17, 15) is 4.79 Å². The van der Waals surface area contributed by atoms with E-state index < -0.39 is 0 Å². The molecule has 1 N–H and O–H groups in total. The molecule has 7 nitrogen and oxygen atoms in total. The highest BCUT2D eigenvalue weighted by molar-refractivity contribution is 5.85. The predicted octanol–water partition coefficient (Wildman–Crippen LogP) is 3.41. The average Bonchev–Trinajstić information content (AvgIpc) is 3.26. The SMILES string of the molecule is O=C(NCC1CCCO1)C1CCCCN1c1ccc(-c2noc(C3CC3)n2)cc1F. The second-order valence-corrected chi connectivity index (χ2v) is 8.48. The number of piperidine rings is 1. The maximum absolute atomic E-state index is 15.1. The topological polar surface area (TPSA) is 80.5 Å². The zero-order valence-corrected chi connectivity index (χ0v) is 17.0. The molecule has 2 atom stereocenters. The van der Waals surface area contributed by atoms with Crippen molar-refractivity contribution in [2.45, 2.75) is 63.0 Å². The zero-order valence-electron chi connectivity index (χ0n) is 17.0. The van der Waals surface area contributed by atoms with Crippen molar-refractivity contribution in [3.63, 3.8) is 0 Å². The van der Waals surface area contributed by atoms with Gasteiger partial charge in [-0.1, -0.05) is 5.16 Å². The molecule has 1 saturated carbocycles. The summed E-state index contributed by atoms with van der Waals surface area (Å²) in [5.41, 5.74) is 1.03. The number of ether oxygens (including phenoxy) is 1. The van der Waals surface area contributed by atoms with E-state index in [1.807, 2.05) is 4.90 Å². The van der Waals surface area contributed by atoms with Crippen molar-refractivity contribution < 1.29 is 18.4 Å². The lowest BCUT2D eigenvalue weighted by molar-refractivity contribution is -0.123. The van der Waals surface area contributed by atoms with Gasteiger partial charge in [0, 0.05) is 31.2 Å². The lowest BCUT2D eigenvalue weighted by Gasteiger charge is -2.36. The van der Waals surface area contributed by atoms with Crippen molar-refractivity contribution in [2.75, 3.05) is 24.6 Å². The number of amides is 1. The highest BCUT2D eigenvalue weighted by Crippen LogP contribution is 2.39.